The van der Waals surface area contributed by atoms with Crippen LogP contribution < -0.4 is 5.32 Å². The van der Waals surface area contributed by atoms with Crippen LogP contribution in [-0.4, -0.2) is 36.4 Å². The van der Waals surface area contributed by atoms with Crippen LogP contribution in [0.3, 0.4) is 0 Å². The second kappa shape index (κ2) is 4.29. The SMILES string of the molecule is FC(F)(F)N1CCCC[C@H]1CNC1CC1. The van der Waals surface area contributed by atoms with E-state index in [2.05, 4.69) is 5.32 Å². The van der Waals surface area contributed by atoms with E-state index in [0.717, 1.165) is 19.3 Å². The summed E-state index contributed by atoms with van der Waals surface area (Å²) in [5.41, 5.74) is 0. The maximum Gasteiger partial charge on any atom is 0.460 e. The molecule has 0 aromatic heterocycles. The van der Waals surface area contributed by atoms with Gasteiger partial charge in [0.15, 0.2) is 0 Å². The Morgan fingerprint density at radius 1 is 1.13 bits per heavy atom. The number of nitrogens with one attached hydrogen (secondary N) is 1. The Hall–Kier alpha value is -0.290. The molecule has 1 N–H and O–H groups in total. The van der Waals surface area contributed by atoms with Crippen LogP contribution in [0.2, 0.25) is 0 Å². The standard InChI is InChI=1S/C10H17F3N2/c11-10(12,13)15-6-2-1-3-9(15)7-14-8-4-5-8/h8-9,14H,1-7H2/t9-/m0/s1. The highest BCUT2D eigenvalue weighted by Crippen LogP contribution is 2.30. The third kappa shape index (κ3) is 3.08. The zero-order valence-corrected chi connectivity index (χ0v) is 8.69. The number of piperidine rings is 1. The molecule has 2 rings (SSSR count). The maximum atomic E-state index is 12.6. The summed E-state index contributed by atoms with van der Waals surface area (Å²) in [6.07, 6.45) is 0.343. The van der Waals surface area contributed by atoms with Crippen molar-refractivity contribution in [2.24, 2.45) is 0 Å². The molecule has 0 radical (unpaired) electrons. The van der Waals surface area contributed by atoms with Crippen molar-refractivity contribution in [3.05, 3.63) is 0 Å². The van der Waals surface area contributed by atoms with E-state index >= 15 is 0 Å². The average Bonchev–Trinajstić information content (AvgIpc) is 2.97. The summed E-state index contributed by atoms with van der Waals surface area (Å²) in [7, 11) is 0. The molecule has 1 aliphatic heterocycles. The van der Waals surface area contributed by atoms with Crippen LogP contribution in [-0.2, 0) is 0 Å². The predicted octanol–water partition coefficient (Wildman–Crippen LogP) is 2.11. The largest absolute Gasteiger partial charge is 0.460 e. The van der Waals surface area contributed by atoms with E-state index in [9.17, 15) is 13.2 Å². The lowest BCUT2D eigenvalue weighted by Crippen LogP contribution is -2.52. The molecule has 0 aromatic rings. The first-order valence-corrected chi connectivity index (χ1v) is 5.64. The van der Waals surface area contributed by atoms with E-state index in [1.165, 1.54) is 0 Å². The summed E-state index contributed by atoms with van der Waals surface area (Å²) in [5.74, 6) is 0. The van der Waals surface area contributed by atoms with Crippen molar-refractivity contribution in [1.82, 2.24) is 10.2 Å². The molecule has 5 heteroatoms. The Bertz CT molecular complexity index is 213. The highest BCUT2D eigenvalue weighted by molar-refractivity contribution is 4.86. The molecule has 0 bridgehead atoms. The first-order chi connectivity index (χ1) is 7.07. The number of hydrogen-bond donors (Lipinski definition) is 1. The Morgan fingerprint density at radius 3 is 2.47 bits per heavy atom. The highest BCUT2D eigenvalue weighted by atomic mass is 19.4. The summed E-state index contributed by atoms with van der Waals surface area (Å²) in [6, 6.07) is 0.140. The first-order valence-electron chi connectivity index (χ1n) is 5.64. The number of nitrogens with zero attached hydrogens (tertiary/aromatic N) is 1. The fourth-order valence-corrected chi connectivity index (χ4v) is 2.14. The molecule has 88 valence electrons. The number of likely N-dealkylation sites (tertiary alicyclic amines) is 1. The molecule has 0 spiro atoms. The van der Waals surface area contributed by atoms with Crippen molar-refractivity contribution in [1.29, 1.82) is 0 Å². The minimum absolute atomic E-state index is 0.167. The monoisotopic (exact) mass is 222 g/mol. The van der Waals surface area contributed by atoms with Gasteiger partial charge in [0.2, 0.25) is 0 Å². The molecule has 2 nitrogen and oxygen atoms in total. The van der Waals surface area contributed by atoms with Gasteiger partial charge < -0.3 is 5.32 Å². The Kier molecular flexibility index (Phi) is 3.21. The van der Waals surface area contributed by atoms with Crippen LogP contribution in [0, 0.1) is 0 Å². The van der Waals surface area contributed by atoms with Crippen molar-refractivity contribution in [3.8, 4) is 0 Å². The molecule has 1 saturated heterocycles. The van der Waals surface area contributed by atoms with E-state index in [1.54, 1.807) is 0 Å². The van der Waals surface area contributed by atoms with Gasteiger partial charge in [0, 0.05) is 25.2 Å². The van der Waals surface area contributed by atoms with Gasteiger partial charge in [0.25, 0.3) is 0 Å². The van der Waals surface area contributed by atoms with Gasteiger partial charge in [-0.3, -0.25) is 0 Å². The lowest BCUT2D eigenvalue weighted by molar-refractivity contribution is -0.263. The lowest BCUT2D eigenvalue weighted by Gasteiger charge is -2.36. The van der Waals surface area contributed by atoms with E-state index in [1.807, 2.05) is 0 Å². The van der Waals surface area contributed by atoms with Gasteiger partial charge >= 0.3 is 6.30 Å². The van der Waals surface area contributed by atoms with Gasteiger partial charge in [-0.05, 0) is 25.7 Å². The van der Waals surface area contributed by atoms with Crippen LogP contribution >= 0.6 is 0 Å². The van der Waals surface area contributed by atoms with E-state index < -0.39 is 6.30 Å². The minimum Gasteiger partial charge on any atom is -0.312 e. The van der Waals surface area contributed by atoms with E-state index in [4.69, 9.17) is 0 Å². The van der Waals surface area contributed by atoms with Crippen molar-refractivity contribution >= 4 is 0 Å². The van der Waals surface area contributed by atoms with Crippen LogP contribution in [0.25, 0.3) is 0 Å². The molecule has 1 heterocycles. The van der Waals surface area contributed by atoms with Gasteiger partial charge in [-0.1, -0.05) is 6.42 Å². The minimum atomic E-state index is -4.16. The first kappa shape index (κ1) is 11.2. The molecule has 15 heavy (non-hydrogen) atoms. The van der Waals surface area contributed by atoms with Crippen LogP contribution in [0.1, 0.15) is 32.1 Å². The van der Waals surface area contributed by atoms with Crippen LogP contribution in [0.5, 0.6) is 0 Å². The third-order valence-corrected chi connectivity index (χ3v) is 3.17. The molecule has 1 atom stereocenters. The van der Waals surface area contributed by atoms with Crippen LogP contribution in [0.4, 0.5) is 13.2 Å². The summed E-state index contributed by atoms with van der Waals surface area (Å²) >= 11 is 0. The van der Waals surface area contributed by atoms with Gasteiger partial charge in [-0.15, -0.1) is 0 Å². The molecule has 0 amide bonds. The molecule has 1 aliphatic carbocycles. The quantitative estimate of drug-likeness (QED) is 0.736. The number of halogens is 3. The number of rotatable bonds is 3. The van der Waals surface area contributed by atoms with Gasteiger partial charge in [0.1, 0.15) is 0 Å². The summed E-state index contributed by atoms with van der Waals surface area (Å²) in [4.78, 5) is 0.700. The second-order valence-corrected chi connectivity index (χ2v) is 4.49. The maximum absolute atomic E-state index is 12.6. The molecular formula is C10H17F3N2. The smallest absolute Gasteiger partial charge is 0.312 e. The number of alkyl halides is 3. The fraction of sp³-hybridized carbons (Fsp3) is 1.00. The third-order valence-electron chi connectivity index (χ3n) is 3.17. The topological polar surface area (TPSA) is 15.3 Å². The Labute approximate surface area is 87.8 Å². The number of hydrogen-bond acceptors (Lipinski definition) is 2. The summed E-state index contributed by atoms with van der Waals surface area (Å²) in [6.45, 7) is 0.657. The van der Waals surface area contributed by atoms with Gasteiger partial charge in [-0.25, -0.2) is 4.90 Å². The van der Waals surface area contributed by atoms with E-state index in [0.29, 0.717) is 30.3 Å². The van der Waals surface area contributed by atoms with Crippen molar-refractivity contribution in [3.63, 3.8) is 0 Å². The van der Waals surface area contributed by atoms with E-state index in [-0.39, 0.29) is 12.6 Å². The molecule has 0 aromatic carbocycles. The predicted molar refractivity (Wildman–Crippen MR) is 51.4 cm³/mol. The fourth-order valence-electron chi connectivity index (χ4n) is 2.14. The second-order valence-electron chi connectivity index (χ2n) is 4.49. The molecular weight excluding hydrogens is 205 g/mol. The normalized spacial score (nSPS) is 29.4. The Morgan fingerprint density at radius 2 is 1.87 bits per heavy atom. The van der Waals surface area contributed by atoms with Crippen LogP contribution in [0.15, 0.2) is 0 Å². The van der Waals surface area contributed by atoms with Crippen molar-refractivity contribution in [2.45, 2.75) is 50.5 Å². The zero-order valence-electron chi connectivity index (χ0n) is 8.69. The summed E-state index contributed by atoms with van der Waals surface area (Å²) in [5, 5.41) is 3.19. The van der Waals surface area contributed by atoms with Crippen molar-refractivity contribution in [2.75, 3.05) is 13.1 Å². The Balaban J connectivity index is 1.86. The molecule has 2 aliphatic rings. The van der Waals surface area contributed by atoms with Gasteiger partial charge in [0.05, 0.1) is 0 Å². The summed E-state index contributed by atoms with van der Waals surface area (Å²) < 4.78 is 37.9. The zero-order chi connectivity index (χ0) is 10.9. The van der Waals surface area contributed by atoms with Crippen molar-refractivity contribution < 1.29 is 13.2 Å². The average molecular weight is 222 g/mol. The molecule has 1 saturated carbocycles. The molecule has 2 fully saturated rings. The molecule has 0 unspecified atom stereocenters. The highest BCUT2D eigenvalue weighted by Gasteiger charge is 2.42. The van der Waals surface area contributed by atoms with Gasteiger partial charge in [-0.2, -0.15) is 13.2 Å². The lowest BCUT2D eigenvalue weighted by atomic mass is 10.0.